The lowest BCUT2D eigenvalue weighted by Gasteiger charge is -2.20. The molecule has 1 fully saturated rings. The number of nitrogens with zero attached hydrogens (tertiary/aromatic N) is 1. The summed E-state index contributed by atoms with van der Waals surface area (Å²) in [5, 5.41) is 10.4. The van der Waals surface area contributed by atoms with Gasteiger partial charge in [-0.1, -0.05) is 15.9 Å². The summed E-state index contributed by atoms with van der Waals surface area (Å²) in [6.45, 7) is 0. The molecule has 2 aromatic carbocycles. The number of methoxy groups -OCH3 is 2. The summed E-state index contributed by atoms with van der Waals surface area (Å²) in [5.41, 5.74) is 1.45. The van der Waals surface area contributed by atoms with Gasteiger partial charge in [0.05, 0.1) is 20.1 Å². The fourth-order valence-electron chi connectivity index (χ4n) is 2.94. The van der Waals surface area contributed by atoms with Crippen LogP contribution in [0.2, 0.25) is 0 Å². The zero-order chi connectivity index (χ0) is 17.3. The summed E-state index contributed by atoms with van der Waals surface area (Å²) in [5.74, 6) is 0.662. The van der Waals surface area contributed by atoms with E-state index in [1.54, 1.807) is 32.4 Å². The van der Waals surface area contributed by atoms with Crippen molar-refractivity contribution in [2.24, 2.45) is 0 Å². The summed E-state index contributed by atoms with van der Waals surface area (Å²) >= 11 is 3.37. The Morgan fingerprint density at radius 3 is 2.21 bits per heavy atom. The van der Waals surface area contributed by atoms with Gasteiger partial charge in [-0.2, -0.15) is 0 Å². The van der Waals surface area contributed by atoms with Crippen molar-refractivity contribution in [2.45, 2.75) is 18.6 Å². The number of hydrogen-bond donors (Lipinski definition) is 1. The molecule has 3 rings (SSSR count). The van der Waals surface area contributed by atoms with E-state index in [2.05, 4.69) is 15.9 Å². The second kappa shape index (κ2) is 6.83. The first kappa shape index (κ1) is 16.8. The van der Waals surface area contributed by atoms with Crippen LogP contribution in [0.15, 0.2) is 46.9 Å². The number of aliphatic hydroxyl groups excluding tert-OH is 1. The number of aliphatic hydroxyl groups is 1. The number of benzene rings is 2. The molecule has 2 aromatic rings. The second-order valence-corrected chi connectivity index (χ2v) is 6.52. The van der Waals surface area contributed by atoms with E-state index in [1.807, 2.05) is 24.3 Å². The summed E-state index contributed by atoms with van der Waals surface area (Å²) in [7, 11) is 3.13. The molecule has 0 radical (unpaired) electrons. The van der Waals surface area contributed by atoms with Gasteiger partial charge < -0.3 is 14.6 Å². The molecule has 126 valence electrons. The van der Waals surface area contributed by atoms with Crippen LogP contribution in [-0.4, -0.2) is 31.5 Å². The smallest absolute Gasteiger partial charge is 0.236 e. The van der Waals surface area contributed by atoms with Crippen molar-refractivity contribution in [1.82, 2.24) is 0 Å². The van der Waals surface area contributed by atoms with Gasteiger partial charge in [0.25, 0.3) is 0 Å². The largest absolute Gasteiger partial charge is 0.497 e. The Hall–Kier alpha value is -2.05. The van der Waals surface area contributed by atoms with E-state index in [4.69, 9.17) is 9.47 Å². The number of hydrogen-bond acceptors (Lipinski definition) is 4. The predicted molar refractivity (Wildman–Crippen MR) is 94.5 cm³/mol. The van der Waals surface area contributed by atoms with Gasteiger partial charge in [-0.15, -0.1) is 0 Å². The van der Waals surface area contributed by atoms with Crippen molar-refractivity contribution < 1.29 is 19.4 Å². The van der Waals surface area contributed by atoms with E-state index in [0.717, 1.165) is 10.0 Å². The normalized spacial score (nSPS) is 20.3. The number of carbonyl (C=O) groups is 1. The summed E-state index contributed by atoms with van der Waals surface area (Å²) in [4.78, 5) is 14.3. The van der Waals surface area contributed by atoms with Gasteiger partial charge in [0.1, 0.15) is 17.7 Å². The average molecular weight is 392 g/mol. The Bertz CT molecular complexity index is 725. The molecule has 1 aliphatic rings. The van der Waals surface area contributed by atoms with Crippen LogP contribution in [0.5, 0.6) is 11.5 Å². The molecule has 24 heavy (non-hydrogen) atoms. The monoisotopic (exact) mass is 391 g/mol. The van der Waals surface area contributed by atoms with Crippen LogP contribution in [0.25, 0.3) is 0 Å². The van der Waals surface area contributed by atoms with E-state index in [-0.39, 0.29) is 5.91 Å². The van der Waals surface area contributed by atoms with Crippen LogP contribution in [0, 0.1) is 0 Å². The topological polar surface area (TPSA) is 59.0 Å². The van der Waals surface area contributed by atoms with Gasteiger partial charge in [0.15, 0.2) is 0 Å². The molecule has 2 atom stereocenters. The van der Waals surface area contributed by atoms with Crippen molar-refractivity contribution in [3.05, 3.63) is 52.5 Å². The highest BCUT2D eigenvalue weighted by Crippen LogP contribution is 2.38. The third-order valence-electron chi connectivity index (χ3n) is 4.16. The molecular weight excluding hydrogens is 374 g/mol. The maximum absolute atomic E-state index is 12.9. The minimum Gasteiger partial charge on any atom is -0.497 e. The molecule has 0 saturated carbocycles. The Morgan fingerprint density at radius 1 is 1.08 bits per heavy atom. The highest BCUT2D eigenvalue weighted by molar-refractivity contribution is 9.10. The molecule has 6 heteroatoms. The summed E-state index contributed by atoms with van der Waals surface area (Å²) in [6, 6.07) is 12.7. The van der Waals surface area contributed by atoms with Crippen molar-refractivity contribution in [2.75, 3.05) is 19.1 Å². The van der Waals surface area contributed by atoms with Crippen LogP contribution in [0.3, 0.4) is 0 Å². The van der Waals surface area contributed by atoms with E-state index < -0.39 is 12.1 Å². The van der Waals surface area contributed by atoms with E-state index >= 15 is 0 Å². The quantitative estimate of drug-likeness (QED) is 0.868. The predicted octanol–water partition coefficient (Wildman–Crippen LogP) is 3.31. The van der Waals surface area contributed by atoms with Gasteiger partial charge in [0.2, 0.25) is 5.91 Å². The fraction of sp³-hybridized carbons (Fsp3) is 0.278. The molecule has 0 spiro atoms. The molecule has 0 aliphatic carbocycles. The van der Waals surface area contributed by atoms with Gasteiger partial charge in [-0.05, 0) is 42.0 Å². The molecule has 1 aliphatic heterocycles. The van der Waals surface area contributed by atoms with Crippen LogP contribution in [-0.2, 0) is 4.79 Å². The Labute approximate surface area is 148 Å². The maximum atomic E-state index is 12.9. The lowest BCUT2D eigenvalue weighted by atomic mass is 9.97. The molecule has 0 bridgehead atoms. The lowest BCUT2D eigenvalue weighted by molar-refractivity contribution is -0.118. The maximum Gasteiger partial charge on any atom is 0.236 e. The first-order chi connectivity index (χ1) is 11.5. The van der Waals surface area contributed by atoms with Crippen molar-refractivity contribution in [3.63, 3.8) is 0 Å². The molecular formula is C18H18BrNO4. The minimum absolute atomic E-state index is 0.139. The van der Waals surface area contributed by atoms with Crippen LogP contribution in [0.4, 0.5) is 5.69 Å². The molecule has 1 saturated heterocycles. The van der Waals surface area contributed by atoms with Crippen LogP contribution < -0.4 is 14.4 Å². The highest BCUT2D eigenvalue weighted by atomic mass is 79.9. The number of rotatable bonds is 4. The standard InChI is InChI=1S/C18H18BrNO4/c1-23-14-7-11(8-15(9-14)24-2)16-10-17(21)20(18(16)22)13-5-3-12(19)4-6-13/h3-9,16-17,21H,10H2,1-2H3. The third-order valence-corrected chi connectivity index (χ3v) is 4.69. The number of halogens is 1. The lowest BCUT2D eigenvalue weighted by Crippen LogP contribution is -2.33. The number of amides is 1. The van der Waals surface area contributed by atoms with E-state index in [0.29, 0.717) is 23.6 Å². The first-order valence-electron chi connectivity index (χ1n) is 7.53. The Morgan fingerprint density at radius 2 is 1.67 bits per heavy atom. The van der Waals surface area contributed by atoms with Gasteiger partial charge >= 0.3 is 0 Å². The molecule has 2 unspecified atom stereocenters. The molecule has 0 aromatic heterocycles. The van der Waals surface area contributed by atoms with E-state index in [1.165, 1.54) is 4.90 Å². The molecule has 1 amide bonds. The Kier molecular flexibility index (Phi) is 4.78. The van der Waals surface area contributed by atoms with Crippen molar-refractivity contribution in [3.8, 4) is 11.5 Å². The van der Waals surface area contributed by atoms with Crippen molar-refractivity contribution >= 4 is 27.5 Å². The third kappa shape index (κ3) is 3.12. The summed E-state index contributed by atoms with van der Waals surface area (Å²) in [6.07, 6.45) is -0.536. The minimum atomic E-state index is -0.860. The SMILES string of the molecule is COc1cc(OC)cc(C2CC(O)N(c3ccc(Br)cc3)C2=O)c1. The van der Waals surface area contributed by atoms with Gasteiger partial charge in [0, 0.05) is 22.6 Å². The van der Waals surface area contributed by atoms with Gasteiger partial charge in [-0.3, -0.25) is 9.69 Å². The first-order valence-corrected chi connectivity index (χ1v) is 8.32. The molecule has 1 N–H and O–H groups in total. The number of anilines is 1. The zero-order valence-electron chi connectivity index (χ0n) is 13.4. The average Bonchev–Trinajstić information content (AvgIpc) is 2.90. The number of carbonyl (C=O) groups excluding carboxylic acids is 1. The van der Waals surface area contributed by atoms with Gasteiger partial charge in [-0.25, -0.2) is 0 Å². The van der Waals surface area contributed by atoms with Crippen LogP contribution in [0.1, 0.15) is 17.9 Å². The Balaban J connectivity index is 1.94. The fourth-order valence-corrected chi connectivity index (χ4v) is 3.21. The number of ether oxygens (including phenoxy) is 2. The van der Waals surface area contributed by atoms with E-state index in [9.17, 15) is 9.90 Å². The highest BCUT2D eigenvalue weighted by Gasteiger charge is 2.40. The zero-order valence-corrected chi connectivity index (χ0v) is 15.0. The van der Waals surface area contributed by atoms with Crippen LogP contribution >= 0.6 is 15.9 Å². The van der Waals surface area contributed by atoms with Crippen molar-refractivity contribution in [1.29, 1.82) is 0 Å². The summed E-state index contributed by atoms with van der Waals surface area (Å²) < 4.78 is 11.5. The molecule has 5 nitrogen and oxygen atoms in total. The molecule has 1 heterocycles. The second-order valence-electron chi connectivity index (χ2n) is 5.60.